The SMILES string of the molecule is Cc1sc2nc1C(=O)NCc1nc(cs1)C(=O)N[C@@H](Cc1ccc(O)cc1)C(=O)N1C[C@H](O)[C@H](C)[C@H]1c1nc(cs1)-c1nc(cs1)-c1nc(-c3nc(NC(=O)OC4CCC(C(=O)O)CC4)cs3)ccc1-c1nc(cs1)C(=O)N[C@H]2CC(N)=O. The van der Waals surface area contributed by atoms with Crippen molar-refractivity contribution in [3.8, 4) is 49.1 Å². The number of aromatic nitrogens is 7. The summed E-state index contributed by atoms with van der Waals surface area (Å²) in [6, 6.07) is 6.79. The van der Waals surface area contributed by atoms with Crippen LogP contribution in [0, 0.1) is 18.8 Å². The number of phenols is 1. The fraction of sp³-hybridized carbons (Fsp3) is 0.321. The molecule has 10 bridgehead atoms. The van der Waals surface area contributed by atoms with Crippen LogP contribution in [0.15, 0.2) is 63.3 Å². The molecule has 30 heteroatoms. The number of rotatable bonds is 8. The highest BCUT2D eigenvalue weighted by molar-refractivity contribution is 7.15. The van der Waals surface area contributed by atoms with Crippen LogP contribution in [-0.2, 0) is 32.1 Å². The molecule has 9 N–H and O–H groups in total. The molecule has 2 aliphatic heterocycles. The number of nitrogens with one attached hydrogen (secondary N) is 4. The van der Waals surface area contributed by atoms with Crippen molar-refractivity contribution in [3.05, 3.63) is 106 Å². The zero-order chi connectivity index (χ0) is 58.2. The van der Waals surface area contributed by atoms with E-state index in [1.807, 2.05) is 6.92 Å². The van der Waals surface area contributed by atoms with Crippen molar-refractivity contribution in [2.24, 2.45) is 17.6 Å². The average Bonchev–Trinajstić information content (AvgIpc) is 4.16. The van der Waals surface area contributed by atoms with Gasteiger partial charge >= 0.3 is 12.1 Å². The monoisotopic (exact) mass is 1240 g/mol. The lowest BCUT2D eigenvalue weighted by Crippen LogP contribution is -2.50. The Morgan fingerprint density at radius 3 is 2.16 bits per heavy atom. The number of hydrogen-bond acceptors (Lipinski definition) is 23. The smallest absolute Gasteiger partial charge is 0.413 e. The van der Waals surface area contributed by atoms with Gasteiger partial charge < -0.3 is 46.6 Å². The standard InChI is InChI=1S/C53H49N13O11S6/c1-22-36(68)16-66-42(22)50-62-35(20-81-50)48-60-32(17-80-48)41-28(11-12-29(57-41)47-63-38(21-82-47)64-53(76)77-27-9-5-25(6-10-27)52(74)75)46-61-34(19-79-46)44(71)58-30(14-37(54)69)49-65-40(23(2)83-49)45(72)55-15-39-56-33(18-78-39)43(70)59-31(51(66)73)13-24-3-7-26(67)8-4-24/h3-4,7-8,11-12,17-22,25,27,30-31,36,42,67-68H,5-6,9-10,13-16H2,1-2H3,(H2,54,69)(H,55,72)(H,58,71)(H,59,70)(H,64,76)(H,74,75)/t22-,25?,27?,30-,31-,36-,42-/m0/s1. The van der Waals surface area contributed by atoms with E-state index in [0.717, 1.165) is 34.0 Å². The Morgan fingerprint density at radius 1 is 0.723 bits per heavy atom. The third kappa shape index (κ3) is 12.5. The molecule has 0 radical (unpaired) electrons. The lowest BCUT2D eigenvalue weighted by molar-refractivity contribution is -0.143. The molecule has 2 fully saturated rings. The van der Waals surface area contributed by atoms with Crippen molar-refractivity contribution in [2.75, 3.05) is 11.9 Å². The summed E-state index contributed by atoms with van der Waals surface area (Å²) in [5.74, 6) is -4.73. The first-order valence-corrected chi connectivity index (χ1v) is 31.0. The summed E-state index contributed by atoms with van der Waals surface area (Å²) in [5, 5.41) is 52.7. The summed E-state index contributed by atoms with van der Waals surface area (Å²) in [4.78, 5) is 129. The quantitative estimate of drug-likeness (QED) is 0.0745. The number of thiazole rings is 6. The molecule has 0 spiro atoms. The second-order valence-corrected chi connectivity index (χ2v) is 25.5. The van der Waals surface area contributed by atoms with Crippen molar-refractivity contribution in [1.29, 1.82) is 0 Å². The maximum atomic E-state index is 14.9. The van der Waals surface area contributed by atoms with Gasteiger partial charge in [0.2, 0.25) is 11.8 Å². The number of aryl methyl sites for hydroxylation is 1. The number of fused-ring (bicyclic) bond motifs is 16. The molecule has 0 unspecified atom stereocenters. The van der Waals surface area contributed by atoms with Gasteiger partial charge in [-0.2, -0.15) is 0 Å². The predicted molar refractivity (Wildman–Crippen MR) is 309 cm³/mol. The molecule has 1 aliphatic carbocycles. The van der Waals surface area contributed by atoms with Gasteiger partial charge in [0.25, 0.3) is 17.7 Å². The molecule has 428 valence electrons. The van der Waals surface area contributed by atoms with Crippen LogP contribution in [-0.4, -0.2) is 122 Å². The second kappa shape index (κ2) is 24.1. The normalized spacial score (nSPS) is 21.3. The van der Waals surface area contributed by atoms with Crippen LogP contribution in [0.1, 0.15) is 108 Å². The van der Waals surface area contributed by atoms with E-state index in [-0.39, 0.29) is 59.6 Å². The first-order valence-electron chi connectivity index (χ1n) is 25.8. The first-order chi connectivity index (χ1) is 39.9. The largest absolute Gasteiger partial charge is 0.508 e. The molecule has 7 aromatic heterocycles. The number of amides is 6. The number of aliphatic hydroxyl groups is 1. The van der Waals surface area contributed by atoms with Crippen molar-refractivity contribution in [2.45, 2.75) is 89.3 Å². The summed E-state index contributed by atoms with van der Waals surface area (Å²) >= 11 is 7.12. The number of carbonyl (C=O) groups is 7. The molecule has 11 rings (SSSR count). The third-order valence-electron chi connectivity index (χ3n) is 14.2. The molecule has 1 saturated heterocycles. The first kappa shape index (κ1) is 56.8. The number of pyridine rings is 1. The molecule has 1 aromatic carbocycles. The van der Waals surface area contributed by atoms with E-state index in [1.54, 1.807) is 52.7 Å². The molecule has 24 nitrogen and oxygen atoms in total. The molecule has 5 atom stereocenters. The zero-order valence-electron chi connectivity index (χ0n) is 43.8. The third-order valence-corrected chi connectivity index (χ3v) is 19.6. The molecular formula is C53H49N13O11S6. The van der Waals surface area contributed by atoms with Gasteiger partial charge in [-0.05, 0) is 62.4 Å². The molecular weight excluding hydrogens is 1190 g/mol. The van der Waals surface area contributed by atoms with Crippen LogP contribution in [0.25, 0.3) is 43.4 Å². The number of benzene rings is 1. The van der Waals surface area contributed by atoms with E-state index in [4.69, 9.17) is 30.4 Å². The number of ether oxygens (including phenoxy) is 1. The van der Waals surface area contributed by atoms with E-state index in [9.17, 15) is 48.9 Å². The van der Waals surface area contributed by atoms with Gasteiger partial charge in [-0.15, -0.1) is 68.0 Å². The van der Waals surface area contributed by atoms with Crippen LogP contribution in [0.3, 0.4) is 0 Å². The minimum atomic E-state index is -1.17. The Kier molecular flexibility index (Phi) is 16.5. The number of phenolic OH excluding ortho intramolecular Hbond substituents is 1. The lowest BCUT2D eigenvalue weighted by atomic mass is 9.87. The Bertz CT molecular complexity index is 3810. The highest BCUT2D eigenvalue weighted by atomic mass is 32.1. The van der Waals surface area contributed by atoms with Crippen LogP contribution in [0.5, 0.6) is 5.75 Å². The maximum absolute atomic E-state index is 14.9. The Labute approximate surface area is 495 Å². The molecule has 9 heterocycles. The zero-order valence-corrected chi connectivity index (χ0v) is 48.7. The summed E-state index contributed by atoms with van der Waals surface area (Å²) < 4.78 is 5.60. The second-order valence-electron chi connectivity index (χ2n) is 19.8. The van der Waals surface area contributed by atoms with Gasteiger partial charge in [0.1, 0.15) is 87.9 Å². The number of carbonyl (C=O) groups excluding carboxylic acids is 6. The van der Waals surface area contributed by atoms with Gasteiger partial charge in [0.05, 0.1) is 42.8 Å². The fourth-order valence-electron chi connectivity index (χ4n) is 9.84. The predicted octanol–water partition coefficient (Wildman–Crippen LogP) is 7.21. The van der Waals surface area contributed by atoms with Crippen LogP contribution >= 0.6 is 68.0 Å². The lowest BCUT2D eigenvalue weighted by Gasteiger charge is -2.29. The van der Waals surface area contributed by atoms with Crippen molar-refractivity contribution >= 4 is 115 Å². The highest BCUT2D eigenvalue weighted by Crippen LogP contribution is 2.43. The number of hydrogen-bond donors (Lipinski definition) is 8. The molecule has 8 aromatic rings. The number of aliphatic hydroxyl groups excluding tert-OH is 1. The van der Waals surface area contributed by atoms with E-state index in [2.05, 4.69) is 36.2 Å². The van der Waals surface area contributed by atoms with E-state index in [1.165, 1.54) is 56.4 Å². The fourth-order valence-corrected chi connectivity index (χ4v) is 14.9. The number of primary amides is 1. The Balaban J connectivity index is 0.946. The van der Waals surface area contributed by atoms with Crippen LogP contribution in [0.4, 0.5) is 10.6 Å². The van der Waals surface area contributed by atoms with Gasteiger partial charge in [-0.1, -0.05) is 19.1 Å². The number of carboxylic acid groups (broad SMARTS) is 1. The van der Waals surface area contributed by atoms with Crippen molar-refractivity contribution < 1.29 is 53.6 Å². The van der Waals surface area contributed by atoms with E-state index >= 15 is 0 Å². The molecule has 3 aliphatic rings. The minimum Gasteiger partial charge on any atom is -0.508 e. The van der Waals surface area contributed by atoms with Crippen molar-refractivity contribution in [3.63, 3.8) is 0 Å². The molecule has 6 amide bonds. The van der Waals surface area contributed by atoms with Gasteiger partial charge in [0.15, 0.2) is 0 Å². The number of nitrogens with zero attached hydrogens (tertiary/aromatic N) is 8. The maximum Gasteiger partial charge on any atom is 0.413 e. The van der Waals surface area contributed by atoms with Crippen molar-refractivity contribution in [1.82, 2.24) is 55.7 Å². The van der Waals surface area contributed by atoms with E-state index < -0.39 is 83.8 Å². The Hall–Kier alpha value is -8.00. The summed E-state index contributed by atoms with van der Waals surface area (Å²) in [6.45, 7) is 3.33. The summed E-state index contributed by atoms with van der Waals surface area (Å²) in [5.41, 5.74) is 8.45. The highest BCUT2D eigenvalue weighted by Gasteiger charge is 2.45. The Morgan fingerprint density at radius 2 is 1.40 bits per heavy atom. The number of aromatic hydroxyl groups is 1. The number of anilines is 1. The average molecular weight is 1240 g/mol. The van der Waals surface area contributed by atoms with E-state index in [0.29, 0.717) is 89.5 Å². The topological polar surface area (TPSA) is 357 Å². The number of carboxylic acids is 1. The number of aliphatic carboxylic acids is 1. The van der Waals surface area contributed by atoms with Gasteiger partial charge in [-0.3, -0.25) is 34.1 Å². The van der Waals surface area contributed by atoms with Gasteiger partial charge in [-0.25, -0.2) is 39.7 Å². The molecule has 1 saturated carbocycles. The van der Waals surface area contributed by atoms with Crippen LogP contribution in [0.2, 0.25) is 0 Å². The number of nitrogens with two attached hydrogens (primary N) is 1. The molecule has 83 heavy (non-hydrogen) atoms. The van der Waals surface area contributed by atoms with Crippen LogP contribution < -0.4 is 27.0 Å². The summed E-state index contributed by atoms with van der Waals surface area (Å²) in [6.07, 6.45) is -0.782. The van der Waals surface area contributed by atoms with Gasteiger partial charge in [0, 0.05) is 56.2 Å². The summed E-state index contributed by atoms with van der Waals surface area (Å²) in [7, 11) is 0. The minimum absolute atomic E-state index is 0.00178.